The number of esters is 3. The number of ether oxygens (including phenoxy) is 4. The number of benzene rings is 2. The third-order valence-electron chi connectivity index (χ3n) is 7.71. The highest BCUT2D eigenvalue weighted by atomic mass is 35.5. The summed E-state index contributed by atoms with van der Waals surface area (Å²) in [5.41, 5.74) is 1.67. The number of likely N-dealkylation sites (tertiary alicyclic amines) is 1. The molecule has 1 amide bonds. The normalized spacial score (nSPS) is 18.2. The number of hydrogen-bond acceptors (Lipinski definition) is 9. The first-order chi connectivity index (χ1) is 21.2. The molecule has 4 rings (SSSR count). The molecule has 234 valence electrons. The van der Waals surface area contributed by atoms with Gasteiger partial charge in [-0.05, 0) is 48.6 Å². The van der Waals surface area contributed by atoms with E-state index in [-0.39, 0.29) is 40.1 Å². The van der Waals surface area contributed by atoms with Gasteiger partial charge in [-0.15, -0.1) is 0 Å². The first kappa shape index (κ1) is 33.0. The van der Waals surface area contributed by atoms with Crippen LogP contribution in [-0.4, -0.2) is 75.5 Å². The second-order valence-corrected chi connectivity index (χ2v) is 11.1. The Hall–Kier alpha value is -3.89. The molecule has 0 radical (unpaired) electrons. The van der Waals surface area contributed by atoms with E-state index in [0.717, 1.165) is 18.5 Å². The summed E-state index contributed by atoms with van der Waals surface area (Å²) in [6, 6.07) is 12.3. The zero-order valence-corrected chi connectivity index (χ0v) is 26.3. The predicted molar refractivity (Wildman–Crippen MR) is 164 cm³/mol. The van der Waals surface area contributed by atoms with Gasteiger partial charge in [-0.2, -0.15) is 0 Å². The van der Waals surface area contributed by atoms with Crippen LogP contribution < -0.4 is 4.74 Å². The first-order valence-electron chi connectivity index (χ1n) is 14.2. The summed E-state index contributed by atoms with van der Waals surface area (Å²) in [6.07, 6.45) is 1.68. The van der Waals surface area contributed by atoms with E-state index in [1.54, 1.807) is 23.1 Å². The topological polar surface area (TPSA) is 121 Å². The number of amides is 1. The summed E-state index contributed by atoms with van der Waals surface area (Å²) in [6.45, 7) is 1.54. The van der Waals surface area contributed by atoms with Crippen molar-refractivity contribution >= 4 is 52.7 Å². The van der Waals surface area contributed by atoms with E-state index in [4.69, 9.17) is 47.1 Å². The fourth-order valence-electron chi connectivity index (χ4n) is 5.58. The van der Waals surface area contributed by atoms with E-state index in [1.165, 1.54) is 21.3 Å². The number of halogens is 2. The Balaban J connectivity index is 1.75. The number of nitrogens with zero attached hydrogens (tertiary/aromatic N) is 2. The first-order valence-corrected chi connectivity index (χ1v) is 14.9. The van der Waals surface area contributed by atoms with Crippen molar-refractivity contribution in [2.45, 2.75) is 38.0 Å². The Morgan fingerprint density at radius 2 is 1.68 bits per heavy atom. The lowest BCUT2D eigenvalue weighted by Crippen LogP contribution is -2.38. The largest absolute Gasteiger partial charge is 0.491 e. The highest BCUT2D eigenvalue weighted by molar-refractivity contribution is 6.36. The maximum atomic E-state index is 13.5. The fourth-order valence-corrected chi connectivity index (χ4v) is 6.22. The Bertz CT molecular complexity index is 1470. The maximum absolute atomic E-state index is 13.5. The molecular weight excluding hydrogens is 611 g/mol. The summed E-state index contributed by atoms with van der Waals surface area (Å²) in [7, 11) is 3.67. The van der Waals surface area contributed by atoms with Crippen LogP contribution in [0.2, 0.25) is 10.0 Å². The van der Waals surface area contributed by atoms with E-state index < -0.39 is 29.7 Å². The van der Waals surface area contributed by atoms with Crippen molar-refractivity contribution in [2.75, 3.05) is 41.0 Å². The molecule has 2 unspecified atom stereocenters. The van der Waals surface area contributed by atoms with E-state index in [1.807, 2.05) is 24.3 Å². The Morgan fingerprint density at radius 3 is 2.32 bits per heavy atom. The molecule has 0 spiro atoms. The molecule has 12 heteroatoms. The van der Waals surface area contributed by atoms with Gasteiger partial charge >= 0.3 is 17.9 Å². The van der Waals surface area contributed by atoms with Crippen molar-refractivity contribution in [3.05, 3.63) is 74.9 Å². The van der Waals surface area contributed by atoms with Crippen molar-refractivity contribution in [3.8, 4) is 5.75 Å². The molecule has 10 nitrogen and oxygen atoms in total. The van der Waals surface area contributed by atoms with Crippen LogP contribution in [0.5, 0.6) is 5.75 Å². The van der Waals surface area contributed by atoms with Gasteiger partial charge in [0.2, 0.25) is 5.91 Å². The number of rotatable bonds is 12. The number of carbonyl (C=O) groups is 4. The quantitative estimate of drug-likeness (QED) is 0.235. The summed E-state index contributed by atoms with van der Waals surface area (Å²) in [4.78, 5) is 57.7. The maximum Gasteiger partial charge on any atom is 0.336 e. The lowest BCUT2D eigenvalue weighted by Gasteiger charge is -2.33. The molecule has 0 N–H and O–H groups in total. The van der Waals surface area contributed by atoms with Crippen molar-refractivity contribution in [3.63, 3.8) is 0 Å². The molecule has 2 atom stereocenters. The second kappa shape index (κ2) is 15.2. The second-order valence-electron chi connectivity index (χ2n) is 10.3. The summed E-state index contributed by atoms with van der Waals surface area (Å²) in [5, 5.41) is 0.429. The van der Waals surface area contributed by atoms with Crippen LogP contribution in [0.25, 0.3) is 0 Å². The van der Waals surface area contributed by atoms with E-state index in [9.17, 15) is 19.2 Å². The highest BCUT2D eigenvalue weighted by Gasteiger charge is 2.46. The van der Waals surface area contributed by atoms with Gasteiger partial charge in [-0.25, -0.2) is 4.79 Å². The monoisotopic (exact) mass is 644 g/mol. The van der Waals surface area contributed by atoms with Crippen molar-refractivity contribution < 1.29 is 38.1 Å². The zero-order chi connectivity index (χ0) is 31.8. The minimum atomic E-state index is -1.21. The van der Waals surface area contributed by atoms with Crippen LogP contribution in [0, 0.1) is 5.92 Å². The minimum Gasteiger partial charge on any atom is -0.491 e. The average molecular weight is 646 g/mol. The van der Waals surface area contributed by atoms with E-state index in [2.05, 4.69) is 0 Å². The molecule has 0 aromatic heterocycles. The number of methoxy groups -OCH3 is 3. The van der Waals surface area contributed by atoms with Crippen LogP contribution in [-0.2, 0) is 39.8 Å². The molecular formula is C32H34Cl2N2O8. The standard InChI is InChI=1S/C32H34Cl2N2O8/c1-41-26(38)18-23-29(32(40)43-3)30(27-20(33)9-6-10-21(27)34)28(31(39)42-2)22(35-23)14-13-19-8-4-5-11-24(19)44-17-16-36-15-7-12-25(36)37/h4-6,8-11,29-30H,7,12-18H2,1-3H3. The molecule has 0 aliphatic carbocycles. The molecule has 0 saturated carbocycles. The highest BCUT2D eigenvalue weighted by Crippen LogP contribution is 2.46. The number of allylic oxidation sites excluding steroid dienone is 1. The Kier molecular flexibility index (Phi) is 11.4. The number of aryl methyl sites for hydroxylation is 1. The number of para-hydroxylation sites is 1. The van der Waals surface area contributed by atoms with Gasteiger partial charge in [0.25, 0.3) is 0 Å². The summed E-state index contributed by atoms with van der Waals surface area (Å²) < 4.78 is 21.2. The molecule has 2 aliphatic rings. The molecule has 1 saturated heterocycles. The molecule has 44 heavy (non-hydrogen) atoms. The summed E-state index contributed by atoms with van der Waals surface area (Å²) in [5.74, 6) is -3.60. The van der Waals surface area contributed by atoms with Gasteiger partial charge in [-0.3, -0.25) is 19.4 Å². The van der Waals surface area contributed by atoms with Crippen molar-refractivity contribution in [1.29, 1.82) is 0 Å². The predicted octanol–water partition coefficient (Wildman–Crippen LogP) is 4.95. The van der Waals surface area contributed by atoms with E-state index in [0.29, 0.717) is 43.0 Å². The fraction of sp³-hybridized carbons (Fsp3) is 0.406. The minimum absolute atomic E-state index is 0.0810. The molecule has 2 aliphatic heterocycles. The lowest BCUT2D eigenvalue weighted by molar-refractivity contribution is -0.144. The van der Waals surface area contributed by atoms with Crippen LogP contribution in [0.1, 0.15) is 42.7 Å². The molecule has 2 aromatic rings. The SMILES string of the molecule is COC(=O)CC1=NC(CCc2ccccc2OCCN2CCCC2=O)=C(C(=O)OC)C(c2c(Cl)cccc2Cl)C1C(=O)OC. The van der Waals surface area contributed by atoms with Gasteiger partial charge < -0.3 is 23.8 Å². The molecule has 2 heterocycles. The Morgan fingerprint density at radius 1 is 0.955 bits per heavy atom. The third-order valence-corrected chi connectivity index (χ3v) is 8.37. The van der Waals surface area contributed by atoms with Gasteiger partial charge in [0, 0.05) is 34.6 Å². The van der Waals surface area contributed by atoms with Crippen LogP contribution >= 0.6 is 23.2 Å². The number of carbonyl (C=O) groups excluding carboxylic acids is 4. The smallest absolute Gasteiger partial charge is 0.336 e. The third kappa shape index (κ3) is 7.42. The number of hydrogen-bond donors (Lipinski definition) is 0. The molecule has 0 bridgehead atoms. The molecule has 1 fully saturated rings. The van der Waals surface area contributed by atoms with Gasteiger partial charge in [0.1, 0.15) is 18.3 Å². The number of aliphatic imine (C=N–C) groups is 1. The van der Waals surface area contributed by atoms with Crippen LogP contribution in [0.3, 0.4) is 0 Å². The van der Waals surface area contributed by atoms with Gasteiger partial charge in [0.05, 0.1) is 45.6 Å². The van der Waals surface area contributed by atoms with Crippen LogP contribution in [0.15, 0.2) is 58.7 Å². The zero-order valence-electron chi connectivity index (χ0n) is 24.8. The van der Waals surface area contributed by atoms with Gasteiger partial charge in [-0.1, -0.05) is 47.5 Å². The van der Waals surface area contributed by atoms with Crippen molar-refractivity contribution in [1.82, 2.24) is 4.90 Å². The van der Waals surface area contributed by atoms with Crippen LogP contribution in [0.4, 0.5) is 0 Å². The molecule has 2 aromatic carbocycles. The summed E-state index contributed by atoms with van der Waals surface area (Å²) >= 11 is 13.3. The average Bonchev–Trinajstić information content (AvgIpc) is 3.43. The van der Waals surface area contributed by atoms with E-state index >= 15 is 0 Å². The van der Waals surface area contributed by atoms with Crippen molar-refractivity contribution in [2.24, 2.45) is 10.9 Å². The van der Waals surface area contributed by atoms with Gasteiger partial charge in [0.15, 0.2) is 0 Å². The Labute approximate surface area is 265 Å². The lowest BCUT2D eigenvalue weighted by atomic mass is 9.74.